The van der Waals surface area contributed by atoms with E-state index in [0.29, 0.717) is 48.6 Å². The lowest BCUT2D eigenvalue weighted by Gasteiger charge is -2.33. The number of piperidine rings is 1. The van der Waals surface area contributed by atoms with Crippen molar-refractivity contribution in [3.63, 3.8) is 0 Å². The Bertz CT molecular complexity index is 1390. The number of para-hydroxylation sites is 1. The van der Waals surface area contributed by atoms with E-state index in [4.69, 9.17) is 0 Å². The molecule has 0 atom stereocenters. The number of aryl methyl sites for hydroxylation is 1. The number of alkyl halides is 3. The summed E-state index contributed by atoms with van der Waals surface area (Å²) in [6.07, 6.45) is -3.52. The number of hydrogen-bond acceptors (Lipinski definition) is 7. The fraction of sp³-hybridized carbons (Fsp3) is 0.391. The standard InChI is InChI=1S/C23H23F3N8O/c1-14-16-5-3-4-6-17(16)28-18(27-14)13-32(2)21(35)15-9-11-33(12-10-15)20-8-7-19-29-30-22(23(24,25)26)34(19)31-20/h3-8,15H,9-13H2,1-2H3. The van der Waals surface area contributed by atoms with Gasteiger partial charge in [0.2, 0.25) is 5.91 Å². The van der Waals surface area contributed by atoms with Crippen molar-refractivity contribution in [1.29, 1.82) is 0 Å². The van der Waals surface area contributed by atoms with E-state index < -0.39 is 12.0 Å². The Balaban J connectivity index is 1.24. The van der Waals surface area contributed by atoms with Gasteiger partial charge in [0.05, 0.1) is 12.1 Å². The Kier molecular flexibility index (Phi) is 5.73. The molecule has 12 heteroatoms. The molecule has 1 aliphatic heterocycles. The zero-order chi connectivity index (χ0) is 24.7. The van der Waals surface area contributed by atoms with Crippen LogP contribution < -0.4 is 4.90 Å². The molecule has 0 radical (unpaired) electrons. The molecule has 0 aliphatic carbocycles. The van der Waals surface area contributed by atoms with Crippen LogP contribution in [-0.4, -0.2) is 60.7 Å². The number of aromatic nitrogens is 6. The van der Waals surface area contributed by atoms with Gasteiger partial charge < -0.3 is 9.80 Å². The zero-order valence-electron chi connectivity index (χ0n) is 19.2. The minimum atomic E-state index is -4.65. The fourth-order valence-corrected chi connectivity index (χ4v) is 4.45. The summed E-state index contributed by atoms with van der Waals surface area (Å²) in [4.78, 5) is 25.7. The van der Waals surface area contributed by atoms with E-state index in [2.05, 4.69) is 25.3 Å². The molecule has 9 nitrogen and oxygen atoms in total. The first-order valence-electron chi connectivity index (χ1n) is 11.2. The summed E-state index contributed by atoms with van der Waals surface area (Å²) >= 11 is 0. The van der Waals surface area contributed by atoms with Crippen LogP contribution in [0.1, 0.15) is 30.2 Å². The Hall–Kier alpha value is -3.83. The minimum Gasteiger partial charge on any atom is -0.355 e. The molecule has 3 aromatic heterocycles. The van der Waals surface area contributed by atoms with Crippen LogP contribution >= 0.6 is 0 Å². The molecule has 1 aromatic carbocycles. The number of rotatable bonds is 4. The number of hydrogen-bond donors (Lipinski definition) is 0. The van der Waals surface area contributed by atoms with E-state index in [1.165, 1.54) is 6.07 Å². The topological polar surface area (TPSA) is 92.4 Å². The van der Waals surface area contributed by atoms with Crippen molar-refractivity contribution in [3.8, 4) is 0 Å². The van der Waals surface area contributed by atoms with Crippen LogP contribution in [0.25, 0.3) is 16.6 Å². The molecule has 0 unspecified atom stereocenters. The second kappa shape index (κ2) is 8.75. The molecular formula is C23H23F3N8O. The lowest BCUT2D eigenvalue weighted by Crippen LogP contribution is -2.41. The first kappa shape index (κ1) is 22.9. The summed E-state index contributed by atoms with van der Waals surface area (Å²) in [5.74, 6) is -0.376. The monoisotopic (exact) mass is 484 g/mol. The molecular weight excluding hydrogens is 461 g/mol. The lowest BCUT2D eigenvalue weighted by atomic mass is 9.95. The van der Waals surface area contributed by atoms with Crippen molar-refractivity contribution >= 4 is 28.3 Å². The molecule has 4 aromatic rings. The van der Waals surface area contributed by atoms with Crippen LogP contribution in [0.3, 0.4) is 0 Å². The van der Waals surface area contributed by atoms with Crippen molar-refractivity contribution in [2.24, 2.45) is 5.92 Å². The van der Waals surface area contributed by atoms with Crippen LogP contribution in [0.2, 0.25) is 0 Å². The number of fused-ring (bicyclic) bond motifs is 2. The summed E-state index contributed by atoms with van der Waals surface area (Å²) < 4.78 is 40.2. The average Bonchev–Trinajstić information content (AvgIpc) is 3.28. The predicted octanol–water partition coefficient (Wildman–Crippen LogP) is 3.27. The molecule has 1 aliphatic rings. The Morgan fingerprint density at radius 2 is 1.83 bits per heavy atom. The van der Waals surface area contributed by atoms with E-state index >= 15 is 0 Å². The maximum Gasteiger partial charge on any atom is 0.453 e. The van der Waals surface area contributed by atoms with Gasteiger partial charge in [-0.15, -0.1) is 15.3 Å². The van der Waals surface area contributed by atoms with Crippen LogP contribution in [0.5, 0.6) is 0 Å². The van der Waals surface area contributed by atoms with Gasteiger partial charge in [0.15, 0.2) is 5.65 Å². The van der Waals surface area contributed by atoms with Gasteiger partial charge in [-0.2, -0.15) is 17.7 Å². The van der Waals surface area contributed by atoms with Crippen molar-refractivity contribution in [2.75, 3.05) is 25.0 Å². The number of halogens is 3. The van der Waals surface area contributed by atoms with E-state index in [9.17, 15) is 18.0 Å². The maximum atomic E-state index is 13.2. The summed E-state index contributed by atoms with van der Waals surface area (Å²) in [6, 6.07) is 10.8. The highest BCUT2D eigenvalue weighted by molar-refractivity contribution is 5.81. The molecule has 0 N–H and O–H groups in total. The Labute approximate surface area is 198 Å². The molecule has 1 fully saturated rings. The highest BCUT2D eigenvalue weighted by Crippen LogP contribution is 2.29. The largest absolute Gasteiger partial charge is 0.453 e. The van der Waals surface area contributed by atoms with Gasteiger partial charge in [0, 0.05) is 37.1 Å². The average molecular weight is 484 g/mol. The summed E-state index contributed by atoms with van der Waals surface area (Å²) in [6.45, 7) is 3.22. The van der Waals surface area contributed by atoms with E-state index in [1.54, 1.807) is 18.0 Å². The second-order valence-electron chi connectivity index (χ2n) is 8.68. The normalized spacial score (nSPS) is 15.2. The summed E-state index contributed by atoms with van der Waals surface area (Å²) in [5.41, 5.74) is 1.74. The van der Waals surface area contributed by atoms with Gasteiger partial charge in [0.1, 0.15) is 11.6 Å². The number of anilines is 1. The molecule has 0 bridgehead atoms. The van der Waals surface area contributed by atoms with Crippen LogP contribution in [0.4, 0.5) is 19.0 Å². The van der Waals surface area contributed by atoms with Crippen molar-refractivity contribution in [2.45, 2.75) is 32.5 Å². The first-order valence-corrected chi connectivity index (χ1v) is 11.2. The SMILES string of the molecule is Cc1nc(CN(C)C(=O)C2CCN(c3ccc4nnc(C(F)(F)F)n4n3)CC2)nc2ccccc12. The molecule has 1 saturated heterocycles. The summed E-state index contributed by atoms with van der Waals surface area (Å²) in [5, 5.41) is 11.8. The van der Waals surface area contributed by atoms with Crippen molar-refractivity contribution in [1.82, 2.24) is 34.7 Å². The van der Waals surface area contributed by atoms with Crippen LogP contribution in [-0.2, 0) is 17.5 Å². The minimum absolute atomic E-state index is 0.000593. The van der Waals surface area contributed by atoms with Gasteiger partial charge in [0.25, 0.3) is 5.82 Å². The Morgan fingerprint density at radius 3 is 2.57 bits per heavy atom. The lowest BCUT2D eigenvalue weighted by molar-refractivity contribution is -0.146. The number of carbonyl (C=O) groups excluding carboxylic acids is 1. The van der Waals surface area contributed by atoms with E-state index in [-0.39, 0.29) is 17.5 Å². The molecule has 0 saturated carbocycles. The molecule has 182 valence electrons. The van der Waals surface area contributed by atoms with E-state index in [1.807, 2.05) is 36.1 Å². The number of benzene rings is 1. The second-order valence-corrected chi connectivity index (χ2v) is 8.68. The van der Waals surface area contributed by atoms with E-state index in [0.717, 1.165) is 16.6 Å². The van der Waals surface area contributed by atoms with Gasteiger partial charge >= 0.3 is 6.18 Å². The third-order valence-corrected chi connectivity index (χ3v) is 6.27. The smallest absolute Gasteiger partial charge is 0.355 e. The quantitative estimate of drug-likeness (QED) is 0.439. The molecule has 5 rings (SSSR count). The van der Waals surface area contributed by atoms with Crippen molar-refractivity contribution < 1.29 is 18.0 Å². The maximum absolute atomic E-state index is 13.2. The van der Waals surface area contributed by atoms with Crippen LogP contribution in [0, 0.1) is 12.8 Å². The summed E-state index contributed by atoms with van der Waals surface area (Å²) in [7, 11) is 1.74. The first-order chi connectivity index (χ1) is 16.7. The van der Waals surface area contributed by atoms with Gasteiger partial charge in [-0.05, 0) is 38.0 Å². The van der Waals surface area contributed by atoms with Gasteiger partial charge in [-0.3, -0.25) is 4.79 Å². The molecule has 35 heavy (non-hydrogen) atoms. The van der Waals surface area contributed by atoms with Gasteiger partial charge in [-0.25, -0.2) is 9.97 Å². The highest BCUT2D eigenvalue weighted by atomic mass is 19.4. The number of nitrogens with zero attached hydrogens (tertiary/aromatic N) is 8. The molecule has 0 spiro atoms. The highest BCUT2D eigenvalue weighted by Gasteiger charge is 2.38. The number of amides is 1. The fourth-order valence-electron chi connectivity index (χ4n) is 4.45. The predicted molar refractivity (Wildman–Crippen MR) is 121 cm³/mol. The van der Waals surface area contributed by atoms with Crippen molar-refractivity contribution in [3.05, 3.63) is 53.7 Å². The molecule has 4 heterocycles. The third-order valence-electron chi connectivity index (χ3n) is 6.27. The van der Waals surface area contributed by atoms with Gasteiger partial charge in [-0.1, -0.05) is 18.2 Å². The number of carbonyl (C=O) groups is 1. The van der Waals surface area contributed by atoms with Crippen LogP contribution in [0.15, 0.2) is 36.4 Å². The Morgan fingerprint density at radius 1 is 1.09 bits per heavy atom. The zero-order valence-corrected chi connectivity index (χ0v) is 19.2. The third kappa shape index (κ3) is 4.47. The molecule has 1 amide bonds.